The largest absolute Gasteiger partial charge is 0.385 e. The Hall–Kier alpha value is -0.410. The summed E-state index contributed by atoms with van der Waals surface area (Å²) in [4.78, 5) is 11.2. The lowest BCUT2D eigenvalue weighted by Crippen LogP contribution is -2.38. The quantitative estimate of drug-likeness (QED) is 0.324. The fourth-order valence-electron chi connectivity index (χ4n) is 1.66. The van der Waals surface area contributed by atoms with Crippen LogP contribution < -0.4 is 5.32 Å². The number of guanidine groups is 1. The van der Waals surface area contributed by atoms with Gasteiger partial charge < -0.3 is 15.0 Å². The van der Waals surface area contributed by atoms with Crippen LogP contribution in [-0.2, 0) is 11.3 Å². The highest BCUT2D eigenvalue weighted by atomic mass is 127. The molecule has 0 aliphatic carbocycles. The number of aryl methyl sites for hydroxylation is 1. The molecule has 116 valence electrons. The predicted octanol–water partition coefficient (Wildman–Crippen LogP) is 2.50. The lowest BCUT2D eigenvalue weighted by molar-refractivity contribution is 0.197. The van der Waals surface area contributed by atoms with Crippen molar-refractivity contribution in [3.63, 3.8) is 0 Å². The van der Waals surface area contributed by atoms with E-state index in [1.54, 1.807) is 18.4 Å². The Bertz CT molecular complexity index is 397. The molecule has 5 nitrogen and oxygen atoms in total. The molecule has 7 heteroatoms. The van der Waals surface area contributed by atoms with Gasteiger partial charge in [-0.05, 0) is 20.3 Å². The van der Waals surface area contributed by atoms with Crippen LogP contribution in [0.5, 0.6) is 0 Å². The third-order valence-electron chi connectivity index (χ3n) is 2.53. The summed E-state index contributed by atoms with van der Waals surface area (Å²) in [6.45, 7) is 7.27. The topological polar surface area (TPSA) is 49.8 Å². The van der Waals surface area contributed by atoms with Crippen molar-refractivity contribution in [2.24, 2.45) is 4.99 Å². The third kappa shape index (κ3) is 7.39. The number of hydrogen-bond acceptors (Lipinski definition) is 4. The molecular formula is C13H25IN4OS. The molecule has 0 saturated heterocycles. The highest BCUT2D eigenvalue weighted by Crippen LogP contribution is 2.09. The lowest BCUT2D eigenvalue weighted by atomic mass is 10.4. The maximum absolute atomic E-state index is 5.03. The molecule has 0 aromatic carbocycles. The van der Waals surface area contributed by atoms with Crippen molar-refractivity contribution in [2.45, 2.75) is 26.8 Å². The number of nitrogens with one attached hydrogen (secondary N) is 1. The first-order valence-electron chi connectivity index (χ1n) is 6.56. The first-order chi connectivity index (χ1) is 9.17. The molecule has 0 saturated carbocycles. The minimum Gasteiger partial charge on any atom is -0.385 e. The van der Waals surface area contributed by atoms with Crippen LogP contribution in [0.3, 0.4) is 0 Å². The molecule has 0 bridgehead atoms. The minimum atomic E-state index is 0. The minimum absolute atomic E-state index is 0. The van der Waals surface area contributed by atoms with E-state index >= 15 is 0 Å². The zero-order valence-corrected chi connectivity index (χ0v) is 15.8. The van der Waals surface area contributed by atoms with Gasteiger partial charge in [0.25, 0.3) is 0 Å². The zero-order valence-electron chi connectivity index (χ0n) is 12.7. The summed E-state index contributed by atoms with van der Waals surface area (Å²) in [5, 5.41) is 6.50. The standard InChI is InChI=1S/C13H24N4OS.HI/c1-5-14-13(15-7-6-8-18-4)17(3)9-12-10-19-11(2)16-12;/h10H,5-9H2,1-4H3,(H,14,15);1H. The number of hydrogen-bond donors (Lipinski definition) is 1. The normalized spacial score (nSPS) is 11.1. The Labute approximate surface area is 142 Å². The molecule has 1 rings (SSSR count). The van der Waals surface area contributed by atoms with E-state index in [1.165, 1.54) is 0 Å². The first-order valence-corrected chi connectivity index (χ1v) is 7.44. The predicted molar refractivity (Wildman–Crippen MR) is 96.2 cm³/mol. The smallest absolute Gasteiger partial charge is 0.194 e. The Morgan fingerprint density at radius 3 is 2.85 bits per heavy atom. The first kappa shape index (κ1) is 19.6. The van der Waals surface area contributed by atoms with Gasteiger partial charge >= 0.3 is 0 Å². The summed E-state index contributed by atoms with van der Waals surface area (Å²) in [6.07, 6.45) is 0.940. The van der Waals surface area contributed by atoms with Gasteiger partial charge in [0.2, 0.25) is 0 Å². The van der Waals surface area contributed by atoms with Gasteiger partial charge in [0.15, 0.2) is 5.96 Å². The van der Waals surface area contributed by atoms with Crippen LogP contribution in [0.1, 0.15) is 24.0 Å². The summed E-state index contributed by atoms with van der Waals surface area (Å²) in [6, 6.07) is 0. The van der Waals surface area contributed by atoms with Gasteiger partial charge in [-0.1, -0.05) is 0 Å². The second kappa shape index (κ2) is 11.3. The van der Waals surface area contributed by atoms with Gasteiger partial charge in [0.1, 0.15) is 0 Å². The van der Waals surface area contributed by atoms with Crippen molar-refractivity contribution in [3.05, 3.63) is 16.1 Å². The Morgan fingerprint density at radius 2 is 2.30 bits per heavy atom. The van der Waals surface area contributed by atoms with E-state index in [2.05, 4.69) is 32.5 Å². The molecule has 0 spiro atoms. The van der Waals surface area contributed by atoms with Gasteiger partial charge in [0.05, 0.1) is 17.2 Å². The Morgan fingerprint density at radius 1 is 1.55 bits per heavy atom. The van der Waals surface area contributed by atoms with Crippen molar-refractivity contribution in [2.75, 3.05) is 33.9 Å². The van der Waals surface area contributed by atoms with Crippen LogP contribution in [-0.4, -0.2) is 49.7 Å². The lowest BCUT2D eigenvalue weighted by Gasteiger charge is -2.21. The van der Waals surface area contributed by atoms with Gasteiger partial charge in [-0.25, -0.2) is 4.98 Å². The molecule has 20 heavy (non-hydrogen) atoms. The van der Waals surface area contributed by atoms with Gasteiger partial charge in [-0.2, -0.15) is 0 Å². The maximum Gasteiger partial charge on any atom is 0.194 e. The third-order valence-corrected chi connectivity index (χ3v) is 3.35. The van der Waals surface area contributed by atoms with E-state index in [0.717, 1.165) is 49.3 Å². The van der Waals surface area contributed by atoms with Crippen LogP contribution in [0.4, 0.5) is 0 Å². The second-order valence-corrected chi connectivity index (χ2v) is 5.36. The average molecular weight is 412 g/mol. The van der Waals surface area contributed by atoms with E-state index < -0.39 is 0 Å². The molecule has 1 aromatic rings. The van der Waals surface area contributed by atoms with E-state index in [9.17, 15) is 0 Å². The summed E-state index contributed by atoms with van der Waals surface area (Å²) in [7, 11) is 3.75. The van der Waals surface area contributed by atoms with Crippen LogP contribution in [0, 0.1) is 6.92 Å². The molecule has 1 heterocycles. The summed E-state index contributed by atoms with van der Waals surface area (Å²) >= 11 is 1.68. The molecule has 1 aromatic heterocycles. The second-order valence-electron chi connectivity index (χ2n) is 4.30. The molecular weight excluding hydrogens is 387 g/mol. The fraction of sp³-hybridized carbons (Fsp3) is 0.692. The van der Waals surface area contributed by atoms with E-state index in [1.807, 2.05) is 14.0 Å². The number of rotatable bonds is 7. The summed E-state index contributed by atoms with van der Waals surface area (Å²) < 4.78 is 5.03. The summed E-state index contributed by atoms with van der Waals surface area (Å²) in [5.41, 5.74) is 1.09. The number of nitrogens with zero attached hydrogens (tertiary/aromatic N) is 3. The summed E-state index contributed by atoms with van der Waals surface area (Å²) in [5.74, 6) is 0.921. The average Bonchev–Trinajstić information content (AvgIpc) is 2.78. The van der Waals surface area contributed by atoms with E-state index in [-0.39, 0.29) is 24.0 Å². The van der Waals surface area contributed by atoms with Gasteiger partial charge in [-0.3, -0.25) is 4.99 Å². The molecule has 0 radical (unpaired) electrons. The van der Waals surface area contributed by atoms with E-state index in [0.29, 0.717) is 0 Å². The number of aliphatic imine (C=N–C) groups is 1. The van der Waals surface area contributed by atoms with E-state index in [4.69, 9.17) is 4.74 Å². The Kier molecular flexibility index (Phi) is 11.0. The van der Waals surface area contributed by atoms with Crippen molar-refractivity contribution in [1.29, 1.82) is 0 Å². The van der Waals surface area contributed by atoms with Crippen molar-refractivity contribution in [1.82, 2.24) is 15.2 Å². The molecule has 0 unspecified atom stereocenters. The zero-order chi connectivity index (χ0) is 14.1. The fourth-order valence-corrected chi connectivity index (χ4v) is 2.27. The Balaban J connectivity index is 0.00000361. The van der Waals surface area contributed by atoms with Crippen LogP contribution in [0.15, 0.2) is 10.4 Å². The number of aromatic nitrogens is 1. The SMILES string of the molecule is CCNC(=NCCCOC)N(C)Cc1csc(C)n1.I. The molecule has 1 N–H and O–H groups in total. The molecule has 0 amide bonds. The van der Waals surface area contributed by atoms with Gasteiger partial charge in [0, 0.05) is 39.2 Å². The van der Waals surface area contributed by atoms with Crippen molar-refractivity contribution >= 4 is 41.3 Å². The van der Waals surface area contributed by atoms with Gasteiger partial charge in [-0.15, -0.1) is 35.3 Å². The highest BCUT2D eigenvalue weighted by Gasteiger charge is 2.08. The highest BCUT2D eigenvalue weighted by molar-refractivity contribution is 14.0. The molecule has 0 aliphatic heterocycles. The van der Waals surface area contributed by atoms with Crippen molar-refractivity contribution in [3.8, 4) is 0 Å². The number of thiazole rings is 1. The maximum atomic E-state index is 5.03. The van der Waals surface area contributed by atoms with Crippen LogP contribution >= 0.6 is 35.3 Å². The number of methoxy groups -OCH3 is 1. The molecule has 0 fully saturated rings. The van der Waals surface area contributed by atoms with Crippen LogP contribution in [0.25, 0.3) is 0 Å². The number of ether oxygens (including phenoxy) is 1. The molecule has 0 aliphatic rings. The van der Waals surface area contributed by atoms with Crippen molar-refractivity contribution < 1.29 is 4.74 Å². The number of halogens is 1. The monoisotopic (exact) mass is 412 g/mol. The molecule has 0 atom stereocenters. The van der Waals surface area contributed by atoms with Crippen LogP contribution in [0.2, 0.25) is 0 Å².